The van der Waals surface area contributed by atoms with Crippen molar-refractivity contribution >= 4 is 39.9 Å². The lowest BCUT2D eigenvalue weighted by Crippen LogP contribution is -2.18. The van der Waals surface area contributed by atoms with E-state index in [1.54, 1.807) is 34.5 Å². The number of fused-ring (bicyclic) bond motifs is 1. The molecule has 6 nitrogen and oxygen atoms in total. The maximum Gasteiger partial charge on any atom is 0.281 e. The summed E-state index contributed by atoms with van der Waals surface area (Å²) in [6.45, 7) is -0.192. The number of aliphatic hydroxyl groups is 1. The largest absolute Gasteiger partial charge is 0.390 e. The van der Waals surface area contributed by atoms with Crippen LogP contribution >= 0.6 is 22.9 Å². The second kappa shape index (κ2) is 6.87. The van der Waals surface area contributed by atoms with Gasteiger partial charge in [-0.15, -0.1) is 11.3 Å². The summed E-state index contributed by atoms with van der Waals surface area (Å²) >= 11 is 7.56. The number of halogens is 1. The van der Waals surface area contributed by atoms with E-state index in [2.05, 4.69) is 15.0 Å². The van der Waals surface area contributed by atoms with Gasteiger partial charge in [0.25, 0.3) is 5.91 Å². The zero-order valence-electron chi connectivity index (χ0n) is 13.4. The number of hydrogen-bond donors (Lipinski definition) is 2. The normalized spacial score (nSPS) is 12.0. The molecule has 26 heavy (non-hydrogen) atoms. The van der Waals surface area contributed by atoms with Crippen molar-refractivity contribution in [3.63, 3.8) is 0 Å². The molecule has 3 aromatic heterocycles. The van der Waals surface area contributed by atoms with Gasteiger partial charge in [-0.2, -0.15) is 4.99 Å². The summed E-state index contributed by atoms with van der Waals surface area (Å²) in [7, 11) is 0. The Morgan fingerprint density at radius 1 is 1.31 bits per heavy atom. The Morgan fingerprint density at radius 3 is 2.96 bits per heavy atom. The zero-order valence-corrected chi connectivity index (χ0v) is 15.0. The fourth-order valence-electron chi connectivity index (χ4n) is 2.70. The summed E-state index contributed by atoms with van der Waals surface area (Å²) in [6, 6.07) is 10.8. The van der Waals surface area contributed by atoms with Gasteiger partial charge in [0, 0.05) is 23.2 Å². The van der Waals surface area contributed by atoms with E-state index in [-0.39, 0.29) is 6.61 Å². The number of carbonyl (C=O) groups excluding carboxylic acids is 1. The van der Waals surface area contributed by atoms with Crippen LogP contribution in [0.15, 0.2) is 59.2 Å². The summed E-state index contributed by atoms with van der Waals surface area (Å²) < 4.78 is 1.69. The van der Waals surface area contributed by atoms with Crippen molar-refractivity contribution in [2.24, 2.45) is 4.99 Å². The molecule has 0 radical (unpaired) electrons. The second-order valence-corrected chi connectivity index (χ2v) is 6.72. The van der Waals surface area contributed by atoms with Crippen LogP contribution in [-0.4, -0.2) is 25.5 Å². The van der Waals surface area contributed by atoms with Crippen LogP contribution < -0.4 is 4.80 Å². The molecule has 0 aliphatic heterocycles. The van der Waals surface area contributed by atoms with E-state index in [4.69, 9.17) is 11.6 Å². The summed E-state index contributed by atoms with van der Waals surface area (Å²) in [6.07, 6.45) is 3.26. The third kappa shape index (κ3) is 2.86. The number of aromatic amines is 1. The molecule has 0 aliphatic carbocycles. The van der Waals surface area contributed by atoms with E-state index in [9.17, 15) is 9.90 Å². The molecule has 1 amide bonds. The van der Waals surface area contributed by atoms with Gasteiger partial charge in [0.05, 0.1) is 28.6 Å². The Bertz CT molecular complexity index is 1180. The van der Waals surface area contributed by atoms with Crippen LogP contribution in [0.5, 0.6) is 0 Å². The lowest BCUT2D eigenvalue weighted by molar-refractivity contribution is 0.0999. The number of H-pyrrole nitrogens is 1. The minimum atomic E-state index is -0.392. The average molecular weight is 385 g/mol. The van der Waals surface area contributed by atoms with E-state index < -0.39 is 5.91 Å². The van der Waals surface area contributed by atoms with Gasteiger partial charge in [0.1, 0.15) is 5.65 Å². The topological polar surface area (TPSA) is 83.3 Å². The minimum Gasteiger partial charge on any atom is -0.390 e. The van der Waals surface area contributed by atoms with Gasteiger partial charge in [0.15, 0.2) is 4.80 Å². The molecule has 0 saturated carbocycles. The Balaban J connectivity index is 1.87. The summed E-state index contributed by atoms with van der Waals surface area (Å²) in [5.41, 5.74) is 2.34. The molecule has 1 aromatic carbocycles. The smallest absolute Gasteiger partial charge is 0.281 e. The number of carbonyl (C=O) groups is 1. The molecule has 0 fully saturated rings. The van der Waals surface area contributed by atoms with Crippen molar-refractivity contribution in [1.29, 1.82) is 0 Å². The molecule has 4 aromatic rings. The highest BCUT2D eigenvalue weighted by molar-refractivity contribution is 7.07. The Hall–Kier alpha value is -2.74. The number of nitrogens with one attached hydrogen (secondary N) is 1. The molecule has 8 heteroatoms. The number of aromatic nitrogens is 3. The molecule has 0 bridgehead atoms. The number of thiazole rings is 1. The van der Waals surface area contributed by atoms with Gasteiger partial charge in [-0.25, -0.2) is 4.98 Å². The summed E-state index contributed by atoms with van der Waals surface area (Å²) in [4.78, 5) is 24.6. The minimum absolute atomic E-state index is 0.192. The van der Waals surface area contributed by atoms with Gasteiger partial charge in [-0.3, -0.25) is 9.36 Å². The van der Waals surface area contributed by atoms with Gasteiger partial charge in [0.2, 0.25) is 0 Å². The van der Waals surface area contributed by atoms with E-state index in [0.29, 0.717) is 37.8 Å². The number of nitrogens with zero attached hydrogens (tertiary/aromatic N) is 3. The van der Waals surface area contributed by atoms with Crippen LogP contribution in [0, 0.1) is 0 Å². The molecule has 130 valence electrons. The Labute approximate surface area is 157 Å². The van der Waals surface area contributed by atoms with Crippen LogP contribution in [0.2, 0.25) is 5.02 Å². The van der Waals surface area contributed by atoms with Crippen LogP contribution in [0.25, 0.3) is 16.7 Å². The SMILES string of the molecule is O=C(/N=c1\scc(CO)n1-c1ccccc1Cl)c1c[nH]c2ncccc12. The maximum atomic E-state index is 12.7. The monoisotopic (exact) mass is 384 g/mol. The third-order valence-corrected chi connectivity index (χ3v) is 5.11. The predicted octanol–water partition coefficient (Wildman–Crippen LogP) is 3.30. The zero-order chi connectivity index (χ0) is 18.1. The number of pyridine rings is 1. The van der Waals surface area contributed by atoms with Crippen molar-refractivity contribution in [1.82, 2.24) is 14.5 Å². The van der Waals surface area contributed by atoms with E-state index in [1.165, 1.54) is 11.3 Å². The Kier molecular flexibility index (Phi) is 4.42. The van der Waals surface area contributed by atoms with Crippen molar-refractivity contribution in [2.45, 2.75) is 6.61 Å². The molecular weight excluding hydrogens is 372 g/mol. The average Bonchev–Trinajstić information content (AvgIpc) is 3.26. The highest BCUT2D eigenvalue weighted by Gasteiger charge is 2.14. The number of amides is 1. The fraction of sp³-hybridized carbons (Fsp3) is 0.0556. The molecule has 4 rings (SSSR count). The number of para-hydroxylation sites is 1. The quantitative estimate of drug-likeness (QED) is 0.568. The fourth-order valence-corrected chi connectivity index (χ4v) is 3.80. The molecular formula is C18H13ClN4O2S. The van der Waals surface area contributed by atoms with Crippen LogP contribution in [-0.2, 0) is 6.61 Å². The summed E-state index contributed by atoms with van der Waals surface area (Å²) in [5.74, 6) is -0.392. The van der Waals surface area contributed by atoms with Crippen LogP contribution in [0.3, 0.4) is 0 Å². The van der Waals surface area contributed by atoms with Crippen molar-refractivity contribution < 1.29 is 9.90 Å². The predicted molar refractivity (Wildman–Crippen MR) is 101 cm³/mol. The standard InChI is InChI=1S/C18H13ClN4O2S/c19-14-5-1-2-6-15(14)23-11(9-24)10-26-18(23)22-17(25)13-8-21-16-12(13)4-3-7-20-16/h1-8,10,24H,9H2,(H,20,21)/b22-18-. The first-order valence-corrected chi connectivity index (χ1v) is 9.01. The molecule has 0 spiro atoms. The van der Waals surface area contributed by atoms with Crippen LogP contribution in [0.1, 0.15) is 16.1 Å². The van der Waals surface area contributed by atoms with Crippen molar-refractivity contribution in [2.75, 3.05) is 0 Å². The number of hydrogen-bond acceptors (Lipinski definition) is 4. The van der Waals surface area contributed by atoms with Gasteiger partial charge in [-0.1, -0.05) is 23.7 Å². The lowest BCUT2D eigenvalue weighted by atomic mass is 10.2. The van der Waals surface area contributed by atoms with Gasteiger partial charge in [-0.05, 0) is 24.3 Å². The highest BCUT2D eigenvalue weighted by Crippen LogP contribution is 2.21. The molecule has 0 aliphatic rings. The van der Waals surface area contributed by atoms with Crippen molar-refractivity contribution in [3.8, 4) is 5.69 Å². The molecule has 0 saturated heterocycles. The first kappa shape index (κ1) is 16.7. The van der Waals surface area contributed by atoms with Crippen LogP contribution in [0.4, 0.5) is 0 Å². The van der Waals surface area contributed by atoms with E-state index >= 15 is 0 Å². The molecule has 2 N–H and O–H groups in total. The first-order chi connectivity index (χ1) is 12.7. The molecule has 0 atom stereocenters. The van der Waals surface area contributed by atoms with Gasteiger partial charge < -0.3 is 10.1 Å². The van der Waals surface area contributed by atoms with Crippen molar-refractivity contribution in [3.05, 3.63) is 75.3 Å². The van der Waals surface area contributed by atoms with E-state index in [0.717, 1.165) is 0 Å². The van der Waals surface area contributed by atoms with E-state index in [1.807, 2.05) is 24.3 Å². The third-order valence-electron chi connectivity index (χ3n) is 3.91. The van der Waals surface area contributed by atoms with Gasteiger partial charge >= 0.3 is 0 Å². The summed E-state index contributed by atoms with van der Waals surface area (Å²) in [5, 5.41) is 12.6. The number of rotatable bonds is 3. The maximum absolute atomic E-state index is 12.7. The number of benzene rings is 1. The first-order valence-electron chi connectivity index (χ1n) is 7.75. The second-order valence-electron chi connectivity index (χ2n) is 5.47. The highest BCUT2D eigenvalue weighted by atomic mass is 35.5. The molecule has 0 unspecified atom stereocenters. The lowest BCUT2D eigenvalue weighted by Gasteiger charge is -2.08. The number of aliphatic hydroxyl groups excluding tert-OH is 1. The Morgan fingerprint density at radius 2 is 2.15 bits per heavy atom. The molecule has 3 heterocycles.